The molecule has 2 rings (SSSR count). The molecule has 1 aliphatic carbocycles. The van der Waals surface area contributed by atoms with Gasteiger partial charge in [-0.3, -0.25) is 4.79 Å². The summed E-state index contributed by atoms with van der Waals surface area (Å²) in [5, 5.41) is 4.76. The number of thiazole rings is 1. The van der Waals surface area contributed by atoms with E-state index in [1.54, 1.807) is 5.51 Å². The van der Waals surface area contributed by atoms with E-state index in [0.717, 1.165) is 25.0 Å². The molecule has 1 saturated carbocycles. The van der Waals surface area contributed by atoms with E-state index in [4.69, 9.17) is 18.0 Å². The zero-order valence-corrected chi connectivity index (χ0v) is 10.4. The van der Waals surface area contributed by atoms with Gasteiger partial charge in [-0.2, -0.15) is 0 Å². The molecule has 86 valence electrons. The van der Waals surface area contributed by atoms with Crippen LogP contribution in [-0.2, 0) is 11.3 Å². The minimum atomic E-state index is -0.592. The molecule has 1 heterocycles. The number of thiocarbonyl (C=S) groups is 1. The Labute approximate surface area is 103 Å². The van der Waals surface area contributed by atoms with Crippen molar-refractivity contribution in [2.24, 2.45) is 11.1 Å². The molecule has 1 aromatic heterocycles. The fourth-order valence-electron chi connectivity index (χ4n) is 1.78. The molecule has 0 bridgehead atoms. The first-order valence-corrected chi connectivity index (χ1v) is 6.45. The third-order valence-corrected chi connectivity index (χ3v) is 4.05. The first kappa shape index (κ1) is 11.5. The van der Waals surface area contributed by atoms with E-state index >= 15 is 0 Å². The molecule has 0 unspecified atom stereocenters. The number of hydrogen-bond acceptors (Lipinski definition) is 4. The smallest absolute Gasteiger partial charge is 0.233 e. The second-order valence-electron chi connectivity index (χ2n) is 3.96. The van der Waals surface area contributed by atoms with Gasteiger partial charge in [0.05, 0.1) is 28.2 Å². The summed E-state index contributed by atoms with van der Waals surface area (Å²) in [5.74, 6) is -0.0562. The quantitative estimate of drug-likeness (QED) is 0.794. The van der Waals surface area contributed by atoms with Crippen molar-refractivity contribution in [1.29, 1.82) is 0 Å². The number of carbonyl (C=O) groups excluding carboxylic acids is 1. The number of aromatic nitrogens is 1. The lowest BCUT2D eigenvalue weighted by Crippen LogP contribution is -2.52. The van der Waals surface area contributed by atoms with Crippen LogP contribution in [0.5, 0.6) is 0 Å². The molecule has 3 N–H and O–H groups in total. The van der Waals surface area contributed by atoms with Gasteiger partial charge in [0, 0.05) is 5.38 Å². The summed E-state index contributed by atoms with van der Waals surface area (Å²) in [7, 11) is 0. The van der Waals surface area contributed by atoms with E-state index in [-0.39, 0.29) is 5.91 Å². The predicted octanol–water partition coefficient (Wildman–Crippen LogP) is 1.22. The Kier molecular flexibility index (Phi) is 3.20. The summed E-state index contributed by atoms with van der Waals surface area (Å²) in [5.41, 5.74) is 7.66. The molecule has 0 atom stereocenters. The lowest BCUT2D eigenvalue weighted by molar-refractivity contribution is -0.131. The van der Waals surface area contributed by atoms with Crippen molar-refractivity contribution in [1.82, 2.24) is 10.3 Å². The highest BCUT2D eigenvalue weighted by Crippen LogP contribution is 2.41. The standard InChI is InChI=1S/C10H13N3OS2/c11-8(15)10(2-1-3-10)9(14)12-4-7-5-16-6-13-7/h5-6H,1-4H2,(H2,11,15)(H,12,14). The second-order valence-corrected chi connectivity index (χ2v) is 5.12. The lowest BCUT2D eigenvalue weighted by atomic mass is 9.68. The third kappa shape index (κ3) is 1.94. The fraction of sp³-hybridized carbons (Fsp3) is 0.500. The molecule has 1 fully saturated rings. The molecule has 16 heavy (non-hydrogen) atoms. The number of nitrogens with zero attached hydrogens (tertiary/aromatic N) is 1. The molecule has 0 saturated heterocycles. The number of rotatable bonds is 4. The summed E-state index contributed by atoms with van der Waals surface area (Å²) in [4.78, 5) is 16.4. The third-order valence-electron chi connectivity index (χ3n) is 3.03. The summed E-state index contributed by atoms with van der Waals surface area (Å²) in [6, 6.07) is 0. The van der Waals surface area contributed by atoms with Crippen molar-refractivity contribution in [3.63, 3.8) is 0 Å². The van der Waals surface area contributed by atoms with E-state index in [9.17, 15) is 4.79 Å². The summed E-state index contributed by atoms with van der Waals surface area (Å²) in [6.07, 6.45) is 2.55. The predicted molar refractivity (Wildman–Crippen MR) is 67.0 cm³/mol. The van der Waals surface area contributed by atoms with Gasteiger partial charge in [-0.25, -0.2) is 4.98 Å². The molecular formula is C10H13N3OS2. The van der Waals surface area contributed by atoms with Crippen molar-refractivity contribution >= 4 is 34.5 Å². The molecule has 0 aliphatic heterocycles. The zero-order chi connectivity index (χ0) is 11.6. The summed E-state index contributed by atoms with van der Waals surface area (Å²) >= 11 is 6.49. The maximum atomic E-state index is 12.0. The Morgan fingerprint density at radius 1 is 1.69 bits per heavy atom. The minimum Gasteiger partial charge on any atom is -0.392 e. The average molecular weight is 255 g/mol. The number of nitrogens with one attached hydrogen (secondary N) is 1. The zero-order valence-electron chi connectivity index (χ0n) is 8.73. The van der Waals surface area contributed by atoms with Gasteiger partial charge < -0.3 is 11.1 Å². The Balaban J connectivity index is 1.95. The Hall–Kier alpha value is -1.01. The first-order valence-electron chi connectivity index (χ1n) is 5.10. The molecule has 4 nitrogen and oxygen atoms in total. The van der Waals surface area contributed by atoms with Crippen LogP contribution in [-0.4, -0.2) is 15.9 Å². The van der Waals surface area contributed by atoms with Gasteiger partial charge >= 0.3 is 0 Å². The van der Waals surface area contributed by atoms with Crippen LogP contribution in [0.4, 0.5) is 0 Å². The maximum Gasteiger partial charge on any atom is 0.233 e. The second kappa shape index (κ2) is 4.47. The summed E-state index contributed by atoms with van der Waals surface area (Å²) < 4.78 is 0. The first-order chi connectivity index (χ1) is 7.65. The number of amides is 1. The lowest BCUT2D eigenvalue weighted by Gasteiger charge is -2.38. The van der Waals surface area contributed by atoms with Gasteiger partial charge in [0.1, 0.15) is 0 Å². The fourth-order valence-corrected chi connectivity index (χ4v) is 2.64. The van der Waals surface area contributed by atoms with Crippen LogP contribution in [0, 0.1) is 5.41 Å². The van der Waals surface area contributed by atoms with Crippen molar-refractivity contribution in [3.8, 4) is 0 Å². The minimum absolute atomic E-state index is 0.0562. The van der Waals surface area contributed by atoms with E-state index in [1.807, 2.05) is 5.38 Å². The molecule has 0 spiro atoms. The average Bonchev–Trinajstić information content (AvgIpc) is 2.64. The van der Waals surface area contributed by atoms with E-state index in [0.29, 0.717) is 11.5 Å². The van der Waals surface area contributed by atoms with Gasteiger partial charge in [0.2, 0.25) is 5.91 Å². The molecule has 1 amide bonds. The molecule has 0 aromatic carbocycles. The van der Waals surface area contributed by atoms with Gasteiger partial charge in [0.25, 0.3) is 0 Å². The van der Waals surface area contributed by atoms with Crippen LogP contribution in [0.2, 0.25) is 0 Å². The van der Waals surface area contributed by atoms with Crippen LogP contribution in [0.1, 0.15) is 25.0 Å². The normalized spacial score (nSPS) is 17.5. The Morgan fingerprint density at radius 2 is 2.44 bits per heavy atom. The topological polar surface area (TPSA) is 68.0 Å². The van der Waals surface area contributed by atoms with Crippen molar-refractivity contribution in [2.45, 2.75) is 25.8 Å². The molecule has 1 aromatic rings. The van der Waals surface area contributed by atoms with Crippen molar-refractivity contribution < 1.29 is 4.79 Å². The van der Waals surface area contributed by atoms with Gasteiger partial charge in [-0.05, 0) is 12.8 Å². The highest BCUT2D eigenvalue weighted by molar-refractivity contribution is 7.80. The van der Waals surface area contributed by atoms with Crippen LogP contribution >= 0.6 is 23.6 Å². The van der Waals surface area contributed by atoms with Crippen LogP contribution < -0.4 is 11.1 Å². The monoisotopic (exact) mass is 255 g/mol. The molecule has 6 heteroatoms. The van der Waals surface area contributed by atoms with E-state index in [1.165, 1.54) is 11.3 Å². The van der Waals surface area contributed by atoms with Crippen molar-refractivity contribution in [3.05, 3.63) is 16.6 Å². The number of carbonyl (C=O) groups is 1. The number of nitrogens with two attached hydrogens (primary N) is 1. The summed E-state index contributed by atoms with van der Waals surface area (Å²) in [6.45, 7) is 0.451. The van der Waals surface area contributed by atoms with Gasteiger partial charge in [0.15, 0.2) is 0 Å². The molecule has 1 aliphatic rings. The van der Waals surface area contributed by atoms with Crippen LogP contribution in [0.15, 0.2) is 10.9 Å². The molecule has 0 radical (unpaired) electrons. The highest BCUT2D eigenvalue weighted by atomic mass is 32.1. The Morgan fingerprint density at radius 3 is 2.88 bits per heavy atom. The SMILES string of the molecule is NC(=S)C1(C(=O)NCc2cscn2)CCC1. The van der Waals surface area contributed by atoms with E-state index in [2.05, 4.69) is 10.3 Å². The van der Waals surface area contributed by atoms with Crippen molar-refractivity contribution in [2.75, 3.05) is 0 Å². The largest absolute Gasteiger partial charge is 0.392 e. The maximum absolute atomic E-state index is 12.0. The van der Waals surface area contributed by atoms with Crippen LogP contribution in [0.3, 0.4) is 0 Å². The van der Waals surface area contributed by atoms with Gasteiger partial charge in [-0.15, -0.1) is 11.3 Å². The highest BCUT2D eigenvalue weighted by Gasteiger charge is 2.46. The van der Waals surface area contributed by atoms with E-state index < -0.39 is 5.41 Å². The van der Waals surface area contributed by atoms with Crippen LogP contribution in [0.25, 0.3) is 0 Å². The van der Waals surface area contributed by atoms with Gasteiger partial charge in [-0.1, -0.05) is 18.6 Å². The number of hydrogen-bond donors (Lipinski definition) is 2. The molecular weight excluding hydrogens is 242 g/mol. The Bertz CT molecular complexity index is 398.